The zero-order chi connectivity index (χ0) is 21.7. The van der Waals surface area contributed by atoms with Crippen molar-refractivity contribution >= 4 is 56.0 Å². The van der Waals surface area contributed by atoms with Gasteiger partial charge in [-0.25, -0.2) is 4.98 Å². The van der Waals surface area contributed by atoms with Crippen molar-refractivity contribution in [3.05, 3.63) is 52.5 Å². The second-order valence-corrected chi connectivity index (χ2v) is 9.71. The lowest BCUT2D eigenvalue weighted by atomic mass is 10.2. The number of thiazole rings is 1. The first-order chi connectivity index (χ1) is 14.5. The number of likely N-dealkylation sites (N-methyl/N-ethyl adjacent to an activating group) is 1. The normalized spacial score (nSPS) is 11.4. The molecular formula is C23H28ClN3OS2. The fourth-order valence-electron chi connectivity index (χ4n) is 3.31. The van der Waals surface area contributed by atoms with E-state index in [1.165, 1.54) is 11.3 Å². The summed E-state index contributed by atoms with van der Waals surface area (Å²) in [5.41, 5.74) is 2.63. The zero-order valence-corrected chi connectivity index (χ0v) is 20.3. The fraction of sp³-hybridized carbons (Fsp3) is 0.391. The molecule has 0 radical (unpaired) electrons. The van der Waals surface area contributed by atoms with E-state index >= 15 is 0 Å². The number of benzene rings is 2. The number of nitrogens with zero attached hydrogens (tertiary/aromatic N) is 3. The molecule has 0 aliphatic heterocycles. The van der Waals surface area contributed by atoms with Crippen molar-refractivity contribution in [1.82, 2.24) is 9.88 Å². The monoisotopic (exact) mass is 461 g/mol. The third kappa shape index (κ3) is 5.17. The highest BCUT2D eigenvalue weighted by atomic mass is 35.5. The molecular weight excluding hydrogens is 434 g/mol. The SMILES string of the molecule is CCSc1cccc(C(=O)N(CCN(CC)CC)c2nc3c(C)ccc(Cl)c3s2)c1. The van der Waals surface area contributed by atoms with Gasteiger partial charge in [-0.15, -0.1) is 11.8 Å². The van der Waals surface area contributed by atoms with E-state index in [1.54, 1.807) is 11.8 Å². The van der Waals surface area contributed by atoms with Gasteiger partial charge in [0.25, 0.3) is 5.91 Å². The van der Waals surface area contributed by atoms with Gasteiger partial charge < -0.3 is 4.90 Å². The lowest BCUT2D eigenvalue weighted by Crippen LogP contribution is -2.38. The molecule has 0 spiro atoms. The molecule has 0 fully saturated rings. The summed E-state index contributed by atoms with van der Waals surface area (Å²) in [4.78, 5) is 23.6. The van der Waals surface area contributed by atoms with Gasteiger partial charge in [0.2, 0.25) is 0 Å². The maximum Gasteiger partial charge on any atom is 0.260 e. The Morgan fingerprint density at radius 3 is 2.57 bits per heavy atom. The molecule has 2 aromatic carbocycles. The molecule has 0 saturated carbocycles. The number of halogens is 1. The van der Waals surface area contributed by atoms with Gasteiger partial charge in [0.15, 0.2) is 5.13 Å². The van der Waals surface area contributed by atoms with Gasteiger partial charge in [0.1, 0.15) is 0 Å². The predicted octanol–water partition coefficient (Wildman–Crippen LogP) is 6.36. The molecule has 7 heteroatoms. The number of fused-ring (bicyclic) bond motifs is 1. The van der Waals surface area contributed by atoms with Crippen molar-refractivity contribution in [3.63, 3.8) is 0 Å². The molecule has 160 valence electrons. The van der Waals surface area contributed by atoms with Gasteiger partial charge in [-0.3, -0.25) is 9.69 Å². The summed E-state index contributed by atoms with van der Waals surface area (Å²) in [5.74, 6) is 0.951. The van der Waals surface area contributed by atoms with Crippen LogP contribution in [0.25, 0.3) is 10.2 Å². The van der Waals surface area contributed by atoms with Crippen LogP contribution in [0.5, 0.6) is 0 Å². The summed E-state index contributed by atoms with van der Waals surface area (Å²) in [5, 5.41) is 1.38. The van der Waals surface area contributed by atoms with Crippen LogP contribution in [0.15, 0.2) is 41.3 Å². The van der Waals surface area contributed by atoms with Crippen LogP contribution in [0.3, 0.4) is 0 Å². The highest BCUT2D eigenvalue weighted by Gasteiger charge is 2.23. The van der Waals surface area contributed by atoms with Crippen LogP contribution < -0.4 is 4.90 Å². The Morgan fingerprint density at radius 1 is 1.13 bits per heavy atom. The number of thioether (sulfide) groups is 1. The van der Waals surface area contributed by atoms with Crippen LogP contribution in [-0.4, -0.2) is 47.7 Å². The number of amides is 1. The number of aryl methyl sites for hydroxylation is 1. The highest BCUT2D eigenvalue weighted by Crippen LogP contribution is 2.36. The van der Waals surface area contributed by atoms with Gasteiger partial charge in [0.05, 0.1) is 15.2 Å². The molecule has 1 aromatic heterocycles. The number of hydrogen-bond acceptors (Lipinski definition) is 5. The van der Waals surface area contributed by atoms with E-state index in [2.05, 4.69) is 25.7 Å². The van der Waals surface area contributed by atoms with Gasteiger partial charge in [0, 0.05) is 23.5 Å². The molecule has 3 aromatic rings. The van der Waals surface area contributed by atoms with Crippen molar-refractivity contribution in [2.45, 2.75) is 32.6 Å². The number of carbonyl (C=O) groups excluding carboxylic acids is 1. The molecule has 1 amide bonds. The van der Waals surface area contributed by atoms with Gasteiger partial charge in [-0.05, 0) is 55.6 Å². The first-order valence-electron chi connectivity index (χ1n) is 10.3. The molecule has 0 aliphatic rings. The van der Waals surface area contributed by atoms with Gasteiger partial charge in [-0.2, -0.15) is 0 Å². The topological polar surface area (TPSA) is 36.4 Å². The first-order valence-corrected chi connectivity index (χ1v) is 12.5. The van der Waals surface area contributed by atoms with E-state index in [0.717, 1.165) is 46.1 Å². The Kier molecular flexibility index (Phi) is 8.17. The molecule has 0 unspecified atom stereocenters. The Balaban J connectivity index is 2.00. The smallest absolute Gasteiger partial charge is 0.260 e. The average molecular weight is 462 g/mol. The van der Waals surface area contributed by atoms with Crippen molar-refractivity contribution < 1.29 is 4.79 Å². The molecule has 30 heavy (non-hydrogen) atoms. The molecule has 0 atom stereocenters. The molecule has 0 aliphatic carbocycles. The quantitative estimate of drug-likeness (QED) is 0.347. The lowest BCUT2D eigenvalue weighted by molar-refractivity contribution is 0.0983. The summed E-state index contributed by atoms with van der Waals surface area (Å²) in [6.07, 6.45) is 0. The van der Waals surface area contributed by atoms with Crippen LogP contribution in [-0.2, 0) is 0 Å². The Morgan fingerprint density at radius 2 is 1.90 bits per heavy atom. The third-order valence-electron chi connectivity index (χ3n) is 5.09. The Bertz CT molecular complexity index is 978. The summed E-state index contributed by atoms with van der Waals surface area (Å²) in [6, 6.07) is 11.7. The molecule has 0 bridgehead atoms. The second kappa shape index (κ2) is 10.6. The minimum absolute atomic E-state index is 0.0199. The van der Waals surface area contributed by atoms with E-state index in [4.69, 9.17) is 16.6 Å². The minimum atomic E-state index is -0.0199. The van der Waals surface area contributed by atoms with Crippen molar-refractivity contribution in [3.8, 4) is 0 Å². The average Bonchev–Trinajstić information content (AvgIpc) is 3.20. The lowest BCUT2D eigenvalue weighted by Gasteiger charge is -2.25. The molecule has 0 saturated heterocycles. The molecule has 1 heterocycles. The summed E-state index contributed by atoms with van der Waals surface area (Å²) >= 11 is 9.65. The van der Waals surface area contributed by atoms with E-state index in [9.17, 15) is 4.79 Å². The van der Waals surface area contributed by atoms with Crippen LogP contribution in [0, 0.1) is 6.92 Å². The van der Waals surface area contributed by atoms with E-state index < -0.39 is 0 Å². The van der Waals surface area contributed by atoms with E-state index in [-0.39, 0.29) is 5.91 Å². The van der Waals surface area contributed by atoms with Crippen LogP contribution in [0.4, 0.5) is 5.13 Å². The van der Waals surface area contributed by atoms with Gasteiger partial charge >= 0.3 is 0 Å². The Hall–Kier alpha value is -1.60. The second-order valence-electron chi connectivity index (χ2n) is 6.98. The Labute approximate surface area is 192 Å². The maximum absolute atomic E-state index is 13.6. The highest BCUT2D eigenvalue weighted by molar-refractivity contribution is 7.99. The standard InChI is InChI=1S/C23H28ClN3OS2/c1-5-26(6-2)13-14-27(22(28)17-9-8-10-18(15-17)29-7-3)23-25-20-16(4)11-12-19(24)21(20)30-23/h8-12,15H,5-7,13-14H2,1-4H3. The number of rotatable bonds is 9. The fourth-order valence-corrected chi connectivity index (χ4v) is 5.37. The van der Waals surface area contributed by atoms with Crippen LogP contribution in [0.1, 0.15) is 36.7 Å². The first kappa shape index (κ1) is 23.1. The van der Waals surface area contributed by atoms with E-state index in [0.29, 0.717) is 22.3 Å². The number of anilines is 1. The maximum atomic E-state index is 13.6. The van der Waals surface area contributed by atoms with Crippen LogP contribution >= 0.6 is 34.7 Å². The predicted molar refractivity (Wildman–Crippen MR) is 132 cm³/mol. The molecule has 3 rings (SSSR count). The van der Waals surface area contributed by atoms with Crippen molar-refractivity contribution in [2.24, 2.45) is 0 Å². The van der Waals surface area contributed by atoms with Crippen molar-refractivity contribution in [1.29, 1.82) is 0 Å². The van der Waals surface area contributed by atoms with Crippen molar-refractivity contribution in [2.75, 3.05) is 36.8 Å². The molecule has 0 N–H and O–H groups in total. The largest absolute Gasteiger partial charge is 0.302 e. The molecule has 4 nitrogen and oxygen atoms in total. The minimum Gasteiger partial charge on any atom is -0.302 e. The van der Waals surface area contributed by atoms with Gasteiger partial charge in [-0.1, -0.05) is 55.8 Å². The van der Waals surface area contributed by atoms with Crippen LogP contribution in [0.2, 0.25) is 5.02 Å². The number of carbonyl (C=O) groups is 1. The number of aromatic nitrogens is 1. The third-order valence-corrected chi connectivity index (χ3v) is 7.50. The summed E-state index contributed by atoms with van der Waals surface area (Å²) in [6.45, 7) is 11.7. The van der Waals surface area contributed by atoms with E-state index in [1.807, 2.05) is 48.2 Å². The summed E-state index contributed by atoms with van der Waals surface area (Å²) in [7, 11) is 0. The number of hydrogen-bond donors (Lipinski definition) is 0. The summed E-state index contributed by atoms with van der Waals surface area (Å²) < 4.78 is 0.933. The zero-order valence-electron chi connectivity index (χ0n) is 17.9.